The van der Waals surface area contributed by atoms with Gasteiger partial charge >= 0.3 is 0 Å². The topological polar surface area (TPSA) is 63.1 Å². The highest BCUT2D eigenvalue weighted by molar-refractivity contribution is 6.31. The van der Waals surface area contributed by atoms with E-state index in [-0.39, 0.29) is 10.9 Å². The number of nitrogens with zero attached hydrogens (tertiary/aromatic N) is 4. The summed E-state index contributed by atoms with van der Waals surface area (Å²) in [5.41, 5.74) is 1.39. The minimum atomic E-state index is -0.511. The molecule has 1 fully saturated rings. The van der Waals surface area contributed by atoms with E-state index in [9.17, 15) is 9.18 Å². The molecule has 0 bridgehead atoms. The van der Waals surface area contributed by atoms with Crippen LogP contribution < -0.4 is 5.32 Å². The monoisotopic (exact) mass is 427 g/mol. The zero-order valence-corrected chi connectivity index (χ0v) is 17.2. The summed E-state index contributed by atoms with van der Waals surface area (Å²) >= 11 is 5.80. The highest BCUT2D eigenvalue weighted by Crippen LogP contribution is 2.21. The van der Waals surface area contributed by atoms with E-state index in [2.05, 4.69) is 15.4 Å². The van der Waals surface area contributed by atoms with Gasteiger partial charge in [-0.25, -0.2) is 14.1 Å². The molecule has 0 radical (unpaired) electrons. The Hall–Kier alpha value is -2.77. The molecule has 0 atom stereocenters. The van der Waals surface area contributed by atoms with Gasteiger partial charge in [0, 0.05) is 37.6 Å². The molecule has 4 rings (SSSR count). The standard InChI is InChI=1S/C22H23ClFN5O/c23-19-13-17(5-6-20(19)24)22(30)28-11-7-16(8-12-28)14-25-15-18-3-1-4-21(27-18)29-10-2-9-26-29/h1-6,9-10,13,16,25H,7-8,11-12,14-15H2. The lowest BCUT2D eigenvalue weighted by molar-refractivity contribution is 0.0690. The van der Waals surface area contributed by atoms with Crippen LogP contribution in [-0.2, 0) is 6.54 Å². The van der Waals surface area contributed by atoms with Crippen molar-refractivity contribution in [1.82, 2.24) is 25.0 Å². The first-order valence-corrected chi connectivity index (χ1v) is 10.4. The van der Waals surface area contributed by atoms with Crippen molar-refractivity contribution in [1.29, 1.82) is 0 Å². The number of hydrogen-bond acceptors (Lipinski definition) is 4. The summed E-state index contributed by atoms with van der Waals surface area (Å²) in [5.74, 6) is 0.692. The molecule has 3 aromatic rings. The molecule has 1 aliphatic rings. The Labute approximate surface area is 179 Å². The van der Waals surface area contributed by atoms with Gasteiger partial charge in [0.1, 0.15) is 5.82 Å². The number of amides is 1. The molecule has 0 saturated carbocycles. The minimum absolute atomic E-state index is 0.0230. The fourth-order valence-electron chi connectivity index (χ4n) is 3.65. The number of benzene rings is 1. The first-order chi connectivity index (χ1) is 14.6. The summed E-state index contributed by atoms with van der Waals surface area (Å²) in [7, 11) is 0. The van der Waals surface area contributed by atoms with Crippen LogP contribution in [0.4, 0.5) is 4.39 Å². The van der Waals surface area contributed by atoms with E-state index in [4.69, 9.17) is 11.6 Å². The van der Waals surface area contributed by atoms with E-state index >= 15 is 0 Å². The van der Waals surface area contributed by atoms with Crippen molar-refractivity contribution in [3.63, 3.8) is 0 Å². The molecule has 1 aromatic carbocycles. The molecule has 1 amide bonds. The summed E-state index contributed by atoms with van der Waals surface area (Å²) < 4.78 is 15.1. The Morgan fingerprint density at radius 3 is 2.77 bits per heavy atom. The fraction of sp³-hybridized carbons (Fsp3) is 0.318. The van der Waals surface area contributed by atoms with Gasteiger partial charge in [-0.05, 0) is 61.7 Å². The molecule has 8 heteroatoms. The number of likely N-dealkylation sites (tertiary alicyclic amines) is 1. The van der Waals surface area contributed by atoms with Gasteiger partial charge in [-0.1, -0.05) is 17.7 Å². The highest BCUT2D eigenvalue weighted by atomic mass is 35.5. The van der Waals surface area contributed by atoms with Gasteiger partial charge < -0.3 is 10.2 Å². The van der Waals surface area contributed by atoms with Gasteiger partial charge in [0.05, 0.1) is 10.7 Å². The van der Waals surface area contributed by atoms with E-state index in [1.54, 1.807) is 10.9 Å². The van der Waals surface area contributed by atoms with Gasteiger partial charge in [-0.2, -0.15) is 5.10 Å². The Morgan fingerprint density at radius 1 is 1.20 bits per heavy atom. The lowest BCUT2D eigenvalue weighted by Gasteiger charge is -2.32. The van der Waals surface area contributed by atoms with Crippen LogP contribution in [0.3, 0.4) is 0 Å². The summed E-state index contributed by atoms with van der Waals surface area (Å²) in [6.07, 6.45) is 5.45. The van der Waals surface area contributed by atoms with E-state index in [1.165, 1.54) is 18.2 Å². The van der Waals surface area contributed by atoms with Crippen molar-refractivity contribution < 1.29 is 9.18 Å². The number of carbonyl (C=O) groups is 1. The van der Waals surface area contributed by atoms with Gasteiger partial charge in [-0.15, -0.1) is 0 Å². The molecule has 156 valence electrons. The van der Waals surface area contributed by atoms with E-state index in [1.807, 2.05) is 35.4 Å². The Bertz CT molecular complexity index is 1000. The second-order valence-corrected chi connectivity index (χ2v) is 7.84. The summed E-state index contributed by atoms with van der Waals surface area (Å²) in [6.45, 7) is 2.93. The molecule has 3 heterocycles. The van der Waals surface area contributed by atoms with Crippen molar-refractivity contribution >= 4 is 17.5 Å². The fourth-order valence-corrected chi connectivity index (χ4v) is 3.83. The number of piperidine rings is 1. The van der Waals surface area contributed by atoms with Crippen LogP contribution in [0.5, 0.6) is 0 Å². The van der Waals surface area contributed by atoms with Crippen LogP contribution in [-0.4, -0.2) is 45.2 Å². The molecule has 1 aliphatic heterocycles. The zero-order chi connectivity index (χ0) is 20.9. The lowest BCUT2D eigenvalue weighted by Crippen LogP contribution is -2.40. The second kappa shape index (κ2) is 9.36. The van der Waals surface area contributed by atoms with Crippen LogP contribution in [0.2, 0.25) is 5.02 Å². The number of pyridine rings is 1. The number of hydrogen-bond donors (Lipinski definition) is 1. The molecule has 1 saturated heterocycles. The predicted molar refractivity (Wildman–Crippen MR) is 113 cm³/mol. The third-order valence-electron chi connectivity index (χ3n) is 5.34. The van der Waals surface area contributed by atoms with Gasteiger partial charge in [0.2, 0.25) is 0 Å². The van der Waals surface area contributed by atoms with Crippen LogP contribution in [0.15, 0.2) is 54.9 Å². The average Bonchev–Trinajstić information content (AvgIpc) is 3.31. The van der Waals surface area contributed by atoms with Crippen LogP contribution in [0, 0.1) is 11.7 Å². The Balaban J connectivity index is 1.24. The normalized spacial score (nSPS) is 14.8. The van der Waals surface area contributed by atoms with Gasteiger partial charge in [0.15, 0.2) is 5.82 Å². The van der Waals surface area contributed by atoms with Crippen molar-refractivity contribution in [3.8, 4) is 5.82 Å². The molecule has 1 N–H and O–H groups in total. The van der Waals surface area contributed by atoms with Gasteiger partial charge in [0.25, 0.3) is 5.91 Å². The molecule has 0 unspecified atom stereocenters. The number of nitrogens with one attached hydrogen (secondary N) is 1. The first-order valence-electron chi connectivity index (χ1n) is 10.0. The minimum Gasteiger partial charge on any atom is -0.339 e. The Morgan fingerprint density at radius 2 is 2.03 bits per heavy atom. The maximum Gasteiger partial charge on any atom is 0.253 e. The number of halogens is 2. The molecule has 0 aliphatic carbocycles. The lowest BCUT2D eigenvalue weighted by atomic mass is 9.96. The maximum atomic E-state index is 13.3. The smallest absolute Gasteiger partial charge is 0.253 e. The van der Waals surface area contributed by atoms with Crippen LogP contribution in [0.1, 0.15) is 28.9 Å². The van der Waals surface area contributed by atoms with E-state index in [0.29, 0.717) is 31.1 Å². The van der Waals surface area contributed by atoms with Crippen molar-refractivity contribution in [2.45, 2.75) is 19.4 Å². The molecular formula is C22H23ClFN5O. The molecule has 0 spiro atoms. The number of aromatic nitrogens is 3. The Kier molecular flexibility index (Phi) is 6.40. The highest BCUT2D eigenvalue weighted by Gasteiger charge is 2.24. The number of rotatable bonds is 6. The van der Waals surface area contributed by atoms with Gasteiger partial charge in [-0.3, -0.25) is 4.79 Å². The third-order valence-corrected chi connectivity index (χ3v) is 5.63. The molecular weight excluding hydrogens is 405 g/mol. The largest absolute Gasteiger partial charge is 0.339 e. The SMILES string of the molecule is O=C(c1ccc(F)c(Cl)c1)N1CCC(CNCc2cccc(-n3cccn3)n2)CC1. The summed E-state index contributed by atoms with van der Waals surface area (Å²) in [5, 5.41) is 7.66. The summed E-state index contributed by atoms with van der Waals surface area (Å²) in [4.78, 5) is 19.1. The molecule has 2 aromatic heterocycles. The van der Waals surface area contributed by atoms with Crippen molar-refractivity contribution in [3.05, 3.63) is 77.0 Å². The van der Waals surface area contributed by atoms with Crippen molar-refractivity contribution in [2.24, 2.45) is 5.92 Å². The zero-order valence-electron chi connectivity index (χ0n) is 16.5. The molecule has 6 nitrogen and oxygen atoms in total. The maximum absolute atomic E-state index is 13.3. The molecule has 30 heavy (non-hydrogen) atoms. The van der Waals surface area contributed by atoms with E-state index < -0.39 is 5.82 Å². The quantitative estimate of drug-likeness (QED) is 0.651. The van der Waals surface area contributed by atoms with Crippen LogP contribution in [0.25, 0.3) is 5.82 Å². The van der Waals surface area contributed by atoms with Crippen LogP contribution >= 0.6 is 11.6 Å². The first kappa shape index (κ1) is 20.5. The van der Waals surface area contributed by atoms with Crippen molar-refractivity contribution in [2.75, 3.05) is 19.6 Å². The predicted octanol–water partition coefficient (Wildman–Crippen LogP) is 3.70. The summed E-state index contributed by atoms with van der Waals surface area (Å²) in [6, 6.07) is 11.9. The van der Waals surface area contributed by atoms with E-state index in [0.717, 1.165) is 30.9 Å². The third kappa shape index (κ3) is 4.86. The number of carbonyl (C=O) groups excluding carboxylic acids is 1. The average molecular weight is 428 g/mol. The second-order valence-electron chi connectivity index (χ2n) is 7.43.